The first-order valence-corrected chi connectivity index (χ1v) is 10.0. The normalized spacial score (nSPS) is 11.0. The van der Waals surface area contributed by atoms with Gasteiger partial charge in [0.05, 0.1) is 5.56 Å². The highest BCUT2D eigenvalue weighted by molar-refractivity contribution is 5.75. The Morgan fingerprint density at radius 2 is 1.64 bits per heavy atom. The van der Waals surface area contributed by atoms with E-state index in [9.17, 15) is 18.0 Å². The minimum atomic E-state index is -4.54. The molecule has 4 rings (SSSR count). The Bertz CT molecular complexity index is 1230. The second-order valence-corrected chi connectivity index (χ2v) is 7.23. The summed E-state index contributed by atoms with van der Waals surface area (Å²) in [6, 6.07) is 20.6. The molecule has 0 aliphatic heterocycles. The molecule has 8 heteroatoms. The molecule has 170 valence electrons. The number of nitrogens with two attached hydrogens (primary N) is 1. The number of aryl methyl sites for hydroxylation is 1. The first kappa shape index (κ1) is 23.9. The van der Waals surface area contributed by atoms with E-state index in [4.69, 9.17) is 0 Å². The zero-order chi connectivity index (χ0) is 24.0. The zero-order valence-corrected chi connectivity index (χ0v) is 18.1. The summed E-state index contributed by atoms with van der Waals surface area (Å²) in [5, 5.41) is 0. The lowest BCUT2D eigenvalue weighted by Gasteiger charge is -2.14. The third-order valence-corrected chi connectivity index (χ3v) is 4.82. The third-order valence-electron chi connectivity index (χ3n) is 4.82. The van der Waals surface area contributed by atoms with Crippen LogP contribution in [0.5, 0.6) is 0 Å². The number of halogens is 3. The van der Waals surface area contributed by atoms with Crippen molar-refractivity contribution >= 4 is 6.29 Å². The molecule has 0 fully saturated rings. The molecular formula is C25H23F3N4O. The van der Waals surface area contributed by atoms with Crippen LogP contribution in [0, 0.1) is 6.92 Å². The average Bonchev–Trinajstić information content (AvgIpc) is 3.24. The first-order valence-electron chi connectivity index (χ1n) is 10.0. The van der Waals surface area contributed by atoms with Gasteiger partial charge in [0.1, 0.15) is 11.5 Å². The first-order chi connectivity index (χ1) is 15.8. The van der Waals surface area contributed by atoms with E-state index in [1.807, 2.05) is 37.3 Å². The Morgan fingerprint density at radius 3 is 2.24 bits per heavy atom. The second-order valence-electron chi connectivity index (χ2n) is 7.23. The second kappa shape index (κ2) is 10.2. The molecule has 0 atom stereocenters. The maximum absolute atomic E-state index is 13.5. The number of aromatic nitrogens is 2. The van der Waals surface area contributed by atoms with Gasteiger partial charge in [0, 0.05) is 17.4 Å². The number of aldehydes is 1. The quantitative estimate of drug-likeness (QED) is 0.246. The third kappa shape index (κ3) is 5.54. The molecule has 0 unspecified atom stereocenters. The van der Waals surface area contributed by atoms with Crippen LogP contribution in [0.3, 0.4) is 0 Å². The summed E-state index contributed by atoms with van der Waals surface area (Å²) in [6.07, 6.45) is -2.57. The highest BCUT2D eigenvalue weighted by Gasteiger charge is 2.34. The predicted molar refractivity (Wildman–Crippen MR) is 123 cm³/mol. The molecule has 33 heavy (non-hydrogen) atoms. The number of nitrogens with zero attached hydrogens (tertiary/aromatic N) is 2. The van der Waals surface area contributed by atoms with E-state index in [0.29, 0.717) is 12.0 Å². The van der Waals surface area contributed by atoms with Gasteiger partial charge in [0.25, 0.3) is 0 Å². The molecule has 0 saturated heterocycles. The van der Waals surface area contributed by atoms with Crippen molar-refractivity contribution in [2.24, 2.45) is 5.84 Å². The Hall–Kier alpha value is -3.75. The summed E-state index contributed by atoms with van der Waals surface area (Å²) in [7, 11) is 1.65. The van der Waals surface area contributed by atoms with Gasteiger partial charge in [-0.15, -0.1) is 0 Å². The Morgan fingerprint density at radius 1 is 0.970 bits per heavy atom. The van der Waals surface area contributed by atoms with Crippen molar-refractivity contribution in [2.75, 3.05) is 7.05 Å². The number of benzene rings is 3. The number of rotatable bonds is 4. The molecule has 1 heterocycles. The van der Waals surface area contributed by atoms with Crippen molar-refractivity contribution < 1.29 is 18.0 Å². The molecule has 0 amide bonds. The van der Waals surface area contributed by atoms with Crippen LogP contribution in [0.4, 0.5) is 13.2 Å². The lowest BCUT2D eigenvalue weighted by Crippen LogP contribution is -2.13. The van der Waals surface area contributed by atoms with Crippen LogP contribution in [-0.2, 0) is 6.18 Å². The molecule has 0 aliphatic rings. The van der Waals surface area contributed by atoms with Crippen molar-refractivity contribution in [1.82, 2.24) is 15.0 Å². The number of alkyl halides is 3. The lowest BCUT2D eigenvalue weighted by atomic mass is 10.0. The standard InChI is InChI=1S/C24H17F3N2O.CH6N2/c1-16-5-4-6-18(13-16)17-9-11-20(12-10-17)29-14-19(15-30)28-23(29)21-7-2-3-8-22(21)24(25,26)27;1-3-2/h2-15H,1H3;3H,2H2,1H3. The summed E-state index contributed by atoms with van der Waals surface area (Å²) in [4.78, 5) is 15.4. The van der Waals surface area contributed by atoms with E-state index in [1.54, 1.807) is 19.2 Å². The fourth-order valence-corrected chi connectivity index (χ4v) is 3.41. The van der Waals surface area contributed by atoms with Crippen molar-refractivity contribution in [3.63, 3.8) is 0 Å². The van der Waals surface area contributed by atoms with Crippen LogP contribution >= 0.6 is 0 Å². The molecule has 0 spiro atoms. The van der Waals surface area contributed by atoms with Crippen molar-refractivity contribution in [3.05, 3.63) is 95.8 Å². The summed E-state index contributed by atoms with van der Waals surface area (Å²) in [5.74, 6) is 4.66. The van der Waals surface area contributed by atoms with Gasteiger partial charge in [0.2, 0.25) is 0 Å². The maximum atomic E-state index is 13.5. The lowest BCUT2D eigenvalue weighted by molar-refractivity contribution is -0.137. The number of nitrogens with one attached hydrogen (secondary N) is 1. The van der Waals surface area contributed by atoms with Crippen molar-refractivity contribution in [2.45, 2.75) is 13.1 Å². The van der Waals surface area contributed by atoms with Gasteiger partial charge in [0.15, 0.2) is 6.29 Å². The fraction of sp³-hybridized carbons (Fsp3) is 0.120. The topological polar surface area (TPSA) is 72.9 Å². The number of hydrogen-bond donors (Lipinski definition) is 2. The summed E-state index contributed by atoms with van der Waals surface area (Å²) >= 11 is 0. The molecule has 0 aliphatic carbocycles. The fourth-order valence-electron chi connectivity index (χ4n) is 3.41. The van der Waals surface area contributed by atoms with Crippen LogP contribution in [-0.4, -0.2) is 22.9 Å². The molecule has 0 bridgehead atoms. The van der Waals surface area contributed by atoms with E-state index in [2.05, 4.69) is 22.3 Å². The molecular weight excluding hydrogens is 429 g/mol. The van der Waals surface area contributed by atoms with Crippen LogP contribution in [0.15, 0.2) is 79.0 Å². The van der Waals surface area contributed by atoms with Crippen LogP contribution in [0.1, 0.15) is 21.6 Å². The monoisotopic (exact) mass is 452 g/mol. The van der Waals surface area contributed by atoms with Gasteiger partial charge >= 0.3 is 6.18 Å². The molecule has 0 saturated carbocycles. The van der Waals surface area contributed by atoms with Gasteiger partial charge in [-0.1, -0.05) is 60.2 Å². The van der Waals surface area contributed by atoms with Gasteiger partial charge in [-0.3, -0.25) is 20.6 Å². The van der Waals surface area contributed by atoms with Crippen LogP contribution in [0.2, 0.25) is 0 Å². The SMILES string of the molecule is CNN.Cc1cccc(-c2ccc(-n3cc(C=O)nc3-c3ccccc3C(F)(F)F)cc2)c1. The number of hydrazine groups is 1. The Kier molecular flexibility index (Phi) is 7.42. The van der Waals surface area contributed by atoms with E-state index >= 15 is 0 Å². The van der Waals surface area contributed by atoms with Gasteiger partial charge in [-0.05, 0) is 43.3 Å². The van der Waals surface area contributed by atoms with Crippen molar-refractivity contribution in [1.29, 1.82) is 0 Å². The highest BCUT2D eigenvalue weighted by Crippen LogP contribution is 2.37. The summed E-state index contributed by atoms with van der Waals surface area (Å²) < 4.78 is 42.1. The molecule has 0 radical (unpaired) electrons. The highest BCUT2D eigenvalue weighted by atomic mass is 19.4. The zero-order valence-electron chi connectivity index (χ0n) is 18.1. The van der Waals surface area contributed by atoms with Crippen LogP contribution < -0.4 is 11.3 Å². The Balaban J connectivity index is 0.000000968. The molecule has 4 aromatic rings. The molecule has 1 aromatic heterocycles. The van der Waals surface area contributed by atoms with Crippen LogP contribution in [0.25, 0.3) is 28.2 Å². The summed E-state index contributed by atoms with van der Waals surface area (Å²) in [6.45, 7) is 2.01. The number of hydrogen-bond acceptors (Lipinski definition) is 4. The van der Waals surface area contributed by atoms with Gasteiger partial charge in [-0.2, -0.15) is 13.2 Å². The maximum Gasteiger partial charge on any atom is 0.417 e. The minimum Gasteiger partial charge on any atom is -0.299 e. The average molecular weight is 452 g/mol. The number of carbonyl (C=O) groups excluding carboxylic acids is 1. The van der Waals surface area contributed by atoms with E-state index in [-0.39, 0.29) is 17.1 Å². The smallest absolute Gasteiger partial charge is 0.299 e. The largest absolute Gasteiger partial charge is 0.417 e. The Labute approximate surface area is 189 Å². The number of carbonyl (C=O) groups is 1. The van der Waals surface area contributed by atoms with Gasteiger partial charge in [-0.25, -0.2) is 4.98 Å². The van der Waals surface area contributed by atoms with E-state index in [0.717, 1.165) is 22.8 Å². The molecule has 3 aromatic carbocycles. The van der Waals surface area contributed by atoms with E-state index in [1.165, 1.54) is 29.0 Å². The van der Waals surface area contributed by atoms with E-state index < -0.39 is 11.7 Å². The molecule has 5 nitrogen and oxygen atoms in total. The predicted octanol–water partition coefficient (Wildman–Crippen LogP) is 5.43. The van der Waals surface area contributed by atoms with Gasteiger partial charge < -0.3 is 0 Å². The van der Waals surface area contributed by atoms with Crippen molar-refractivity contribution in [3.8, 4) is 28.2 Å². The molecule has 3 N–H and O–H groups in total. The number of imidazole rings is 1. The minimum absolute atomic E-state index is 0.0599. The summed E-state index contributed by atoms with van der Waals surface area (Å²) in [5.41, 5.74) is 5.20.